The Morgan fingerprint density at radius 1 is 0.978 bits per heavy atom. The van der Waals surface area contributed by atoms with Gasteiger partial charge in [-0.1, -0.05) is 74.8 Å². The van der Waals surface area contributed by atoms with Crippen LogP contribution >= 0.6 is 0 Å². The van der Waals surface area contributed by atoms with E-state index >= 15 is 0 Å². The molecule has 0 aromatic carbocycles. The zero-order valence-corrected chi connectivity index (χ0v) is 29.7. The highest BCUT2D eigenvalue weighted by atomic mass is 16.7. The first-order chi connectivity index (χ1) is 21.5. The van der Waals surface area contributed by atoms with Gasteiger partial charge in [0.05, 0.1) is 24.7 Å². The smallest absolute Gasteiger partial charge is 0.404 e. The second-order valence-electron chi connectivity index (χ2n) is 14.7. The van der Waals surface area contributed by atoms with Gasteiger partial charge >= 0.3 is 7.12 Å². The number of carbonyl (C=O) groups is 4. The van der Waals surface area contributed by atoms with Crippen molar-refractivity contribution in [1.29, 1.82) is 5.26 Å². The van der Waals surface area contributed by atoms with E-state index in [1.807, 2.05) is 19.9 Å². The van der Waals surface area contributed by atoms with E-state index in [0.29, 0.717) is 29.7 Å². The predicted octanol–water partition coefficient (Wildman–Crippen LogP) is 3.68. The molecule has 4 amide bonds. The molecule has 2 bridgehead atoms. The Bertz CT molecular complexity index is 1130. The fourth-order valence-corrected chi connectivity index (χ4v) is 6.29. The lowest BCUT2D eigenvalue weighted by molar-refractivity contribution is -0.150. The molecule has 258 valence electrons. The number of hydrogen-bond donors (Lipinski definition) is 4. The van der Waals surface area contributed by atoms with E-state index in [9.17, 15) is 19.2 Å². The molecule has 1 saturated heterocycles. The van der Waals surface area contributed by atoms with Crippen LogP contribution in [0.5, 0.6) is 0 Å². The number of unbranched alkanes of at least 4 members (excludes halogenated alkanes) is 1. The topological polar surface area (TPSA) is 159 Å². The number of carbonyl (C=O) groups excluding carboxylic acids is 4. The van der Waals surface area contributed by atoms with Crippen LogP contribution in [0.4, 0.5) is 0 Å². The summed E-state index contributed by atoms with van der Waals surface area (Å²) in [5.41, 5.74) is 0.512. The minimum Gasteiger partial charge on any atom is -0.404 e. The van der Waals surface area contributed by atoms with Crippen molar-refractivity contribution in [3.05, 3.63) is 11.6 Å². The van der Waals surface area contributed by atoms with Crippen molar-refractivity contribution in [2.45, 2.75) is 126 Å². The zero-order chi connectivity index (χ0) is 34.8. The van der Waals surface area contributed by atoms with Crippen molar-refractivity contribution < 1.29 is 28.5 Å². The van der Waals surface area contributed by atoms with E-state index in [2.05, 4.69) is 55.9 Å². The third-order valence-electron chi connectivity index (χ3n) is 9.21. The molecular formula is C34H58BN5O6. The van der Waals surface area contributed by atoms with E-state index in [0.717, 1.165) is 25.7 Å². The third kappa shape index (κ3) is 11.1. The minimum atomic E-state index is -0.705. The molecule has 4 fully saturated rings. The van der Waals surface area contributed by atoms with E-state index in [1.54, 1.807) is 26.8 Å². The number of allylic oxidation sites excluding steroid dienone is 1. The van der Waals surface area contributed by atoms with Crippen molar-refractivity contribution in [3.8, 4) is 6.07 Å². The van der Waals surface area contributed by atoms with Gasteiger partial charge in [0, 0.05) is 12.5 Å². The number of nitrogens with one attached hydrogen (secondary N) is 4. The predicted molar refractivity (Wildman–Crippen MR) is 179 cm³/mol. The van der Waals surface area contributed by atoms with Crippen LogP contribution in [0.2, 0.25) is 0 Å². The molecule has 1 heterocycles. The standard InChI is InChI=1S/C23H40BN3O5.C11H18N2O/c1-12(2)8-18(24-31-17-10-15-9-16(20(17)32-24)23(15,6)7)27-19(28)11-25-22(30)14(5)26-21(29)13(3)4;1-4-5-6-13-11(14)10(8-12)7-9(2)3/h12-18,20H,8-11H2,1-7H3,(H,25,30)(H,26,29)(H,27,28);7,9H,4-6H2,1-3H3,(H,13,14)/b;10-7+. The summed E-state index contributed by atoms with van der Waals surface area (Å²) in [5, 5.41) is 19.7. The van der Waals surface area contributed by atoms with Gasteiger partial charge in [0.1, 0.15) is 17.7 Å². The van der Waals surface area contributed by atoms with Gasteiger partial charge in [0.15, 0.2) is 0 Å². The van der Waals surface area contributed by atoms with E-state index in [1.165, 1.54) is 6.42 Å². The maximum atomic E-state index is 12.6. The van der Waals surface area contributed by atoms with Gasteiger partial charge in [0.2, 0.25) is 17.7 Å². The molecular weight excluding hydrogens is 585 g/mol. The summed E-state index contributed by atoms with van der Waals surface area (Å²) < 4.78 is 12.7. The lowest BCUT2D eigenvalue weighted by Gasteiger charge is -2.60. The van der Waals surface area contributed by atoms with Crippen molar-refractivity contribution >= 4 is 30.7 Å². The minimum absolute atomic E-state index is 0.0942. The number of rotatable bonds is 14. The average molecular weight is 644 g/mol. The molecule has 6 atom stereocenters. The molecule has 0 radical (unpaired) electrons. The Kier molecular flexibility index (Phi) is 15.2. The lowest BCUT2D eigenvalue weighted by Crippen LogP contribution is -2.59. The summed E-state index contributed by atoms with van der Waals surface area (Å²) in [6, 6.07) is 1.20. The summed E-state index contributed by atoms with van der Waals surface area (Å²) in [6.07, 6.45) is 6.81. The summed E-state index contributed by atoms with van der Waals surface area (Å²) in [4.78, 5) is 48.0. The van der Waals surface area contributed by atoms with Crippen LogP contribution in [0.3, 0.4) is 0 Å². The molecule has 1 aliphatic heterocycles. The maximum Gasteiger partial charge on any atom is 0.481 e. The SMILES string of the molecule is CC(C)CC(NC(=O)CNC(=O)C(C)NC(=O)C(C)C)B1OC2CC3CC(C2O1)C3(C)C.CCCCNC(=O)/C(C#N)=C/C(C)C. The van der Waals surface area contributed by atoms with E-state index < -0.39 is 19.1 Å². The Morgan fingerprint density at radius 2 is 1.65 bits per heavy atom. The van der Waals surface area contributed by atoms with Gasteiger partial charge in [-0.2, -0.15) is 5.26 Å². The number of nitrogens with zero attached hydrogens (tertiary/aromatic N) is 1. The number of nitriles is 1. The monoisotopic (exact) mass is 643 g/mol. The van der Waals surface area contributed by atoms with Crippen molar-refractivity contribution in [2.24, 2.45) is 35.0 Å². The quantitative estimate of drug-likeness (QED) is 0.0973. The van der Waals surface area contributed by atoms with Gasteiger partial charge < -0.3 is 30.6 Å². The second kappa shape index (κ2) is 17.9. The molecule has 3 aliphatic carbocycles. The second-order valence-corrected chi connectivity index (χ2v) is 14.7. The summed E-state index contributed by atoms with van der Waals surface area (Å²) in [5.74, 6) is 0.134. The highest BCUT2D eigenvalue weighted by molar-refractivity contribution is 6.47. The Labute approximate surface area is 276 Å². The molecule has 3 saturated carbocycles. The number of amides is 4. The molecule has 11 nitrogen and oxygen atoms in total. The average Bonchev–Trinajstić information content (AvgIpc) is 3.42. The Balaban J connectivity index is 0.000000444. The Hall–Kier alpha value is -2.91. The van der Waals surface area contributed by atoms with Crippen LogP contribution in [-0.4, -0.2) is 68.0 Å². The normalized spacial score (nSPS) is 24.1. The first-order valence-corrected chi connectivity index (χ1v) is 17.1. The van der Waals surface area contributed by atoms with Crippen molar-refractivity contribution in [1.82, 2.24) is 21.3 Å². The molecule has 0 spiro atoms. The molecule has 4 N–H and O–H groups in total. The van der Waals surface area contributed by atoms with Crippen LogP contribution < -0.4 is 21.3 Å². The van der Waals surface area contributed by atoms with Gasteiger partial charge in [-0.25, -0.2) is 0 Å². The molecule has 0 aromatic rings. The molecule has 4 rings (SSSR count). The molecule has 4 aliphatic rings. The van der Waals surface area contributed by atoms with Crippen LogP contribution in [0, 0.1) is 46.3 Å². The molecule has 12 heteroatoms. The van der Waals surface area contributed by atoms with Crippen LogP contribution in [0.15, 0.2) is 11.6 Å². The van der Waals surface area contributed by atoms with Crippen LogP contribution in [0.25, 0.3) is 0 Å². The Morgan fingerprint density at radius 3 is 2.20 bits per heavy atom. The van der Waals surface area contributed by atoms with Gasteiger partial charge in [-0.15, -0.1) is 0 Å². The largest absolute Gasteiger partial charge is 0.481 e. The van der Waals surface area contributed by atoms with Crippen LogP contribution in [-0.2, 0) is 28.5 Å². The van der Waals surface area contributed by atoms with E-state index in [4.69, 9.17) is 14.6 Å². The van der Waals surface area contributed by atoms with Gasteiger partial charge in [0.25, 0.3) is 5.91 Å². The fourth-order valence-electron chi connectivity index (χ4n) is 6.29. The summed E-state index contributed by atoms with van der Waals surface area (Å²) >= 11 is 0. The van der Waals surface area contributed by atoms with Crippen LogP contribution in [0.1, 0.15) is 101 Å². The highest BCUT2D eigenvalue weighted by Gasteiger charge is 2.62. The fraction of sp³-hybridized carbons (Fsp3) is 0.794. The summed E-state index contributed by atoms with van der Waals surface area (Å²) in [6.45, 7) is 20.4. The zero-order valence-electron chi connectivity index (χ0n) is 29.7. The van der Waals surface area contributed by atoms with Crippen molar-refractivity contribution in [3.63, 3.8) is 0 Å². The lowest BCUT2D eigenvalue weighted by atomic mass is 9.47. The third-order valence-corrected chi connectivity index (χ3v) is 9.21. The first kappa shape index (κ1) is 39.3. The molecule has 46 heavy (non-hydrogen) atoms. The number of hydrogen-bond acceptors (Lipinski definition) is 7. The molecule has 0 aromatic heterocycles. The van der Waals surface area contributed by atoms with Gasteiger partial charge in [-0.05, 0) is 61.7 Å². The van der Waals surface area contributed by atoms with Crippen molar-refractivity contribution in [2.75, 3.05) is 13.1 Å². The first-order valence-electron chi connectivity index (χ1n) is 17.1. The maximum absolute atomic E-state index is 12.6. The van der Waals surface area contributed by atoms with E-state index in [-0.39, 0.29) is 59.8 Å². The summed E-state index contributed by atoms with van der Waals surface area (Å²) in [7, 11) is -0.466. The highest BCUT2D eigenvalue weighted by Crippen LogP contribution is 2.61. The molecule has 6 unspecified atom stereocenters. The van der Waals surface area contributed by atoms with Gasteiger partial charge in [-0.3, -0.25) is 19.2 Å².